The van der Waals surface area contributed by atoms with Crippen molar-refractivity contribution < 1.29 is 14.3 Å². The minimum atomic E-state index is -0.466. The lowest BCUT2D eigenvalue weighted by Gasteiger charge is -2.41. The second kappa shape index (κ2) is 8.27. The summed E-state index contributed by atoms with van der Waals surface area (Å²) < 4.78 is 5.44. The molecule has 0 fully saturated rings. The average molecular weight is 395 g/mol. The average Bonchev–Trinajstić information content (AvgIpc) is 2.68. The first-order valence-electron chi connectivity index (χ1n) is 10.2. The number of fused-ring (bicyclic) bond motifs is 1. The van der Waals surface area contributed by atoms with Crippen LogP contribution in [-0.4, -0.2) is 24.6 Å². The molecule has 1 heterocycles. The number of hydrogen-bond donors (Lipinski definition) is 1. The van der Waals surface area contributed by atoms with Gasteiger partial charge in [-0.2, -0.15) is 0 Å². The first kappa shape index (κ1) is 20.9. The van der Waals surface area contributed by atoms with Gasteiger partial charge in [-0.3, -0.25) is 10.1 Å². The zero-order chi connectivity index (χ0) is 21.2. The van der Waals surface area contributed by atoms with Gasteiger partial charge < -0.3 is 9.64 Å². The Morgan fingerprint density at radius 1 is 1.10 bits per heavy atom. The molecule has 1 aliphatic heterocycles. The van der Waals surface area contributed by atoms with Crippen LogP contribution in [0, 0.1) is 5.92 Å². The van der Waals surface area contributed by atoms with E-state index in [1.165, 1.54) is 5.56 Å². The molecule has 1 unspecified atom stereocenters. The van der Waals surface area contributed by atoms with E-state index < -0.39 is 6.09 Å². The minimum Gasteiger partial charge on any atom is -0.446 e. The maximum absolute atomic E-state index is 12.3. The van der Waals surface area contributed by atoms with Gasteiger partial charge in [0, 0.05) is 30.3 Å². The van der Waals surface area contributed by atoms with Crippen LogP contribution in [0.5, 0.6) is 0 Å². The summed E-state index contributed by atoms with van der Waals surface area (Å²) in [6.45, 7) is 10.4. The van der Waals surface area contributed by atoms with Crippen LogP contribution in [-0.2, 0) is 14.9 Å². The Morgan fingerprint density at radius 2 is 1.79 bits per heavy atom. The Labute approximate surface area is 173 Å². The van der Waals surface area contributed by atoms with E-state index >= 15 is 0 Å². The first-order chi connectivity index (χ1) is 13.7. The van der Waals surface area contributed by atoms with Gasteiger partial charge in [0.1, 0.15) is 6.10 Å². The molecule has 0 radical (unpaired) electrons. The summed E-state index contributed by atoms with van der Waals surface area (Å²) in [5, 5.41) is 2.85. The molecule has 2 aromatic rings. The molecule has 1 aliphatic rings. The number of anilines is 2. The molecule has 0 spiro atoms. The van der Waals surface area contributed by atoms with Crippen molar-refractivity contribution >= 4 is 23.4 Å². The number of carbonyl (C=O) groups excluding carboxylic acids is 2. The number of nitrogens with zero attached hydrogens (tertiary/aromatic N) is 1. The highest BCUT2D eigenvalue weighted by molar-refractivity contribution is 5.94. The monoisotopic (exact) mass is 394 g/mol. The minimum absolute atomic E-state index is 0.0206. The fraction of sp³-hybridized carbons (Fsp3) is 0.417. The molecule has 29 heavy (non-hydrogen) atoms. The number of hydrogen-bond acceptors (Lipinski definition) is 3. The Hall–Kier alpha value is -2.82. The molecule has 5 heteroatoms. The maximum Gasteiger partial charge on any atom is 0.411 e. The molecule has 0 saturated carbocycles. The van der Waals surface area contributed by atoms with E-state index in [-0.39, 0.29) is 23.3 Å². The zero-order valence-electron chi connectivity index (χ0n) is 17.9. The van der Waals surface area contributed by atoms with Gasteiger partial charge >= 0.3 is 6.09 Å². The van der Waals surface area contributed by atoms with E-state index in [0.717, 1.165) is 17.7 Å². The fourth-order valence-electron chi connectivity index (χ4n) is 3.77. The molecule has 3 rings (SSSR count). The molecule has 1 N–H and O–H groups in total. The Bertz CT molecular complexity index is 894. The quantitative estimate of drug-likeness (QED) is 0.761. The van der Waals surface area contributed by atoms with Gasteiger partial charge in [-0.25, -0.2) is 4.79 Å². The van der Waals surface area contributed by atoms with E-state index in [4.69, 9.17) is 4.74 Å². The number of benzene rings is 2. The molecule has 0 saturated heterocycles. The van der Waals surface area contributed by atoms with E-state index in [0.29, 0.717) is 12.2 Å². The molecule has 154 valence electrons. The number of nitrogens with one attached hydrogen (secondary N) is 1. The number of ether oxygens (including phenoxy) is 1. The maximum atomic E-state index is 12.3. The van der Waals surface area contributed by atoms with Crippen molar-refractivity contribution in [2.24, 2.45) is 5.92 Å². The lowest BCUT2D eigenvalue weighted by molar-refractivity contribution is -0.116. The van der Waals surface area contributed by atoms with Gasteiger partial charge in [0.15, 0.2) is 0 Å². The third-order valence-electron chi connectivity index (χ3n) is 5.99. The van der Waals surface area contributed by atoms with Crippen molar-refractivity contribution in [3.8, 4) is 0 Å². The van der Waals surface area contributed by atoms with Crippen LogP contribution in [0.2, 0.25) is 0 Å². The summed E-state index contributed by atoms with van der Waals surface area (Å²) >= 11 is 0. The predicted octanol–water partition coefficient (Wildman–Crippen LogP) is 5.34. The molecule has 2 atom stereocenters. The summed E-state index contributed by atoms with van der Waals surface area (Å²) in [5.41, 5.74) is 3.52. The topological polar surface area (TPSA) is 58.6 Å². The molecule has 0 bridgehead atoms. The van der Waals surface area contributed by atoms with Crippen molar-refractivity contribution in [3.63, 3.8) is 0 Å². The number of amides is 2. The summed E-state index contributed by atoms with van der Waals surface area (Å²) in [6.07, 6.45) is 0.171. The summed E-state index contributed by atoms with van der Waals surface area (Å²) in [7, 11) is 0. The third kappa shape index (κ3) is 4.29. The Kier molecular flexibility index (Phi) is 5.96. The number of rotatable bonds is 4. The lowest BCUT2D eigenvalue weighted by atomic mass is 9.71. The van der Waals surface area contributed by atoms with Crippen LogP contribution in [0.25, 0.3) is 0 Å². The molecule has 2 aromatic carbocycles. The fourth-order valence-corrected chi connectivity index (χ4v) is 3.77. The van der Waals surface area contributed by atoms with Crippen molar-refractivity contribution in [1.29, 1.82) is 0 Å². The Balaban J connectivity index is 1.98. The van der Waals surface area contributed by atoms with Gasteiger partial charge in [0.05, 0.1) is 0 Å². The van der Waals surface area contributed by atoms with Gasteiger partial charge in [-0.1, -0.05) is 51.1 Å². The van der Waals surface area contributed by atoms with E-state index in [1.807, 2.05) is 62.1 Å². The van der Waals surface area contributed by atoms with Gasteiger partial charge in [-0.05, 0) is 48.6 Å². The first-order valence-corrected chi connectivity index (χ1v) is 10.2. The highest BCUT2D eigenvalue weighted by Crippen LogP contribution is 2.45. The van der Waals surface area contributed by atoms with E-state index in [1.54, 1.807) is 6.92 Å². The van der Waals surface area contributed by atoms with Crippen LogP contribution in [0.1, 0.15) is 52.2 Å². The predicted molar refractivity (Wildman–Crippen MR) is 116 cm³/mol. The third-order valence-corrected chi connectivity index (χ3v) is 5.99. The van der Waals surface area contributed by atoms with Crippen LogP contribution >= 0.6 is 0 Å². The van der Waals surface area contributed by atoms with Gasteiger partial charge in [0.25, 0.3) is 0 Å². The summed E-state index contributed by atoms with van der Waals surface area (Å²) in [4.78, 5) is 26.3. The van der Waals surface area contributed by atoms with Crippen molar-refractivity contribution in [1.82, 2.24) is 0 Å². The highest BCUT2D eigenvalue weighted by Gasteiger charge is 2.38. The van der Waals surface area contributed by atoms with Crippen LogP contribution in [0.15, 0.2) is 48.5 Å². The molecular weight excluding hydrogens is 364 g/mol. The Morgan fingerprint density at radius 3 is 2.41 bits per heavy atom. The second-order valence-corrected chi connectivity index (χ2v) is 8.33. The van der Waals surface area contributed by atoms with E-state index in [2.05, 4.69) is 24.4 Å². The van der Waals surface area contributed by atoms with Gasteiger partial charge in [0.2, 0.25) is 5.91 Å². The molecule has 0 aliphatic carbocycles. The van der Waals surface area contributed by atoms with Gasteiger partial charge in [-0.15, -0.1) is 0 Å². The molecular formula is C24H30N2O3. The molecule has 0 aromatic heterocycles. The molecule has 5 nitrogen and oxygen atoms in total. The van der Waals surface area contributed by atoms with Crippen molar-refractivity contribution in [3.05, 3.63) is 59.7 Å². The highest BCUT2D eigenvalue weighted by atomic mass is 16.6. The van der Waals surface area contributed by atoms with Crippen LogP contribution in [0.4, 0.5) is 16.2 Å². The van der Waals surface area contributed by atoms with E-state index in [9.17, 15) is 9.59 Å². The number of carbonyl (C=O) groups is 2. The van der Waals surface area contributed by atoms with Crippen LogP contribution in [0.3, 0.4) is 0 Å². The summed E-state index contributed by atoms with van der Waals surface area (Å²) in [5.74, 6) is 0.266. The normalized spacial score (nSPS) is 19.4. The largest absolute Gasteiger partial charge is 0.446 e. The summed E-state index contributed by atoms with van der Waals surface area (Å²) in [6, 6.07) is 16.0. The van der Waals surface area contributed by atoms with Crippen LogP contribution < -0.4 is 10.2 Å². The lowest BCUT2D eigenvalue weighted by Crippen LogP contribution is -2.41. The molecule has 2 amide bonds. The van der Waals surface area contributed by atoms with Crippen molar-refractivity contribution in [2.45, 2.75) is 52.6 Å². The SMILES string of the molecule is CC(=O)N1CC[C@](C)(c2ccccc2)c2cc(NC(=O)OC(C)C(C)C)ccc21. The second-order valence-electron chi connectivity index (χ2n) is 8.33. The van der Waals surface area contributed by atoms with Crippen molar-refractivity contribution in [2.75, 3.05) is 16.8 Å². The smallest absolute Gasteiger partial charge is 0.411 e. The standard InChI is InChI=1S/C24H30N2O3/c1-16(2)17(3)29-23(28)25-20-11-12-22-21(15-20)24(5,13-14-26(22)18(4)27)19-9-7-6-8-10-19/h6-12,15-17H,13-14H2,1-5H3,(H,25,28)/t17?,24-/m1/s1. The zero-order valence-corrected chi connectivity index (χ0v) is 17.9.